The predicted octanol–water partition coefficient (Wildman–Crippen LogP) is 2.79. The molecular weight excluding hydrogens is 343 g/mol. The van der Waals surface area contributed by atoms with Crippen molar-refractivity contribution in [2.24, 2.45) is 4.99 Å². The van der Waals surface area contributed by atoms with E-state index in [0.717, 1.165) is 24.1 Å². The van der Waals surface area contributed by atoms with Crippen molar-refractivity contribution in [3.63, 3.8) is 0 Å². The fraction of sp³-hybridized carbons (Fsp3) is 0.333. The van der Waals surface area contributed by atoms with E-state index in [9.17, 15) is 9.18 Å². The Morgan fingerprint density at radius 1 is 1.11 bits per heavy atom. The van der Waals surface area contributed by atoms with Gasteiger partial charge in [0.2, 0.25) is 0 Å². The van der Waals surface area contributed by atoms with E-state index in [1.54, 1.807) is 26.1 Å². The van der Waals surface area contributed by atoms with Crippen molar-refractivity contribution in [3.8, 4) is 0 Å². The molecule has 144 valence electrons. The number of aryl methyl sites for hydroxylation is 1. The number of nitrogens with one attached hydrogen (secondary N) is 3. The molecule has 0 aromatic heterocycles. The number of carbonyl (C=O) groups excluding carboxylic acids is 1. The van der Waals surface area contributed by atoms with E-state index in [4.69, 9.17) is 0 Å². The molecule has 2 aromatic rings. The fourth-order valence-electron chi connectivity index (χ4n) is 2.58. The van der Waals surface area contributed by atoms with Crippen LogP contribution < -0.4 is 16.0 Å². The van der Waals surface area contributed by atoms with Crippen LogP contribution in [0.3, 0.4) is 0 Å². The van der Waals surface area contributed by atoms with Crippen LogP contribution in [0.2, 0.25) is 0 Å². The number of rotatable bonds is 7. The zero-order valence-corrected chi connectivity index (χ0v) is 16.1. The van der Waals surface area contributed by atoms with Gasteiger partial charge >= 0.3 is 0 Å². The minimum absolute atomic E-state index is 0.0926. The van der Waals surface area contributed by atoms with Crippen LogP contribution >= 0.6 is 0 Å². The summed E-state index contributed by atoms with van der Waals surface area (Å²) < 4.78 is 13.6. The molecule has 27 heavy (non-hydrogen) atoms. The highest BCUT2D eigenvalue weighted by Crippen LogP contribution is 2.10. The smallest absolute Gasteiger partial charge is 0.251 e. The Balaban J connectivity index is 1.94. The Labute approximate surface area is 160 Å². The van der Waals surface area contributed by atoms with Crippen LogP contribution in [0.25, 0.3) is 0 Å². The maximum atomic E-state index is 13.6. The predicted molar refractivity (Wildman–Crippen MR) is 107 cm³/mol. The first-order valence-corrected chi connectivity index (χ1v) is 9.11. The summed E-state index contributed by atoms with van der Waals surface area (Å²) in [5.41, 5.74) is 3.18. The Bertz CT molecular complexity index is 805. The molecule has 0 saturated heterocycles. The molecule has 2 aromatic carbocycles. The lowest BCUT2D eigenvalue weighted by Gasteiger charge is -2.12. The number of hydrogen-bond donors (Lipinski definition) is 3. The number of amides is 1. The lowest BCUT2D eigenvalue weighted by Crippen LogP contribution is -2.38. The van der Waals surface area contributed by atoms with Crippen LogP contribution in [0.1, 0.15) is 34.0 Å². The number of halogens is 1. The third-order valence-corrected chi connectivity index (χ3v) is 4.12. The van der Waals surface area contributed by atoms with Gasteiger partial charge in [-0.1, -0.05) is 24.3 Å². The van der Waals surface area contributed by atoms with E-state index < -0.39 is 0 Å². The van der Waals surface area contributed by atoms with E-state index in [1.165, 1.54) is 6.07 Å². The number of carbonyl (C=O) groups is 1. The van der Waals surface area contributed by atoms with Crippen molar-refractivity contribution < 1.29 is 9.18 Å². The van der Waals surface area contributed by atoms with E-state index in [-0.39, 0.29) is 11.7 Å². The summed E-state index contributed by atoms with van der Waals surface area (Å²) in [6.07, 6.45) is 0.758. The maximum absolute atomic E-state index is 13.6. The van der Waals surface area contributed by atoms with Crippen LogP contribution in [-0.2, 0) is 13.0 Å². The third-order valence-electron chi connectivity index (χ3n) is 4.12. The van der Waals surface area contributed by atoms with Gasteiger partial charge in [-0.2, -0.15) is 0 Å². The lowest BCUT2D eigenvalue weighted by atomic mass is 10.1. The topological polar surface area (TPSA) is 65.5 Å². The van der Waals surface area contributed by atoms with Gasteiger partial charge in [0.1, 0.15) is 5.82 Å². The average Bonchev–Trinajstić information content (AvgIpc) is 2.68. The molecule has 0 spiro atoms. The largest absolute Gasteiger partial charge is 0.357 e. The molecule has 0 bridgehead atoms. The molecule has 2 rings (SSSR count). The summed E-state index contributed by atoms with van der Waals surface area (Å²) in [6, 6.07) is 12.7. The standard InChI is InChI=1S/C21H27FN4O/c1-4-24-21(26-14-17-9-8-15(2)19(22)13-17)25-11-10-16-6-5-7-18(12-16)20(27)23-3/h5-9,12-13H,4,10-11,14H2,1-3H3,(H,23,27)(H2,24,25,26). The Morgan fingerprint density at radius 3 is 2.63 bits per heavy atom. The minimum atomic E-state index is -0.211. The normalized spacial score (nSPS) is 11.2. The summed E-state index contributed by atoms with van der Waals surface area (Å²) in [4.78, 5) is 16.2. The number of guanidine groups is 1. The molecule has 3 N–H and O–H groups in total. The van der Waals surface area contributed by atoms with Gasteiger partial charge < -0.3 is 16.0 Å². The molecule has 0 saturated carbocycles. The van der Waals surface area contributed by atoms with Crippen molar-refractivity contribution in [3.05, 3.63) is 70.5 Å². The lowest BCUT2D eigenvalue weighted by molar-refractivity contribution is 0.0963. The zero-order valence-electron chi connectivity index (χ0n) is 16.1. The Morgan fingerprint density at radius 2 is 1.93 bits per heavy atom. The van der Waals surface area contributed by atoms with Crippen LogP contribution in [0, 0.1) is 12.7 Å². The van der Waals surface area contributed by atoms with Crippen molar-refractivity contribution in [1.82, 2.24) is 16.0 Å². The molecule has 0 atom stereocenters. The molecule has 0 aliphatic carbocycles. The first-order valence-electron chi connectivity index (χ1n) is 9.11. The second-order valence-corrected chi connectivity index (χ2v) is 6.23. The zero-order chi connectivity index (χ0) is 19.6. The van der Waals surface area contributed by atoms with Gasteiger partial charge in [-0.15, -0.1) is 0 Å². The molecular formula is C21H27FN4O. The maximum Gasteiger partial charge on any atom is 0.251 e. The summed E-state index contributed by atoms with van der Waals surface area (Å²) in [6.45, 7) is 5.55. The second-order valence-electron chi connectivity index (χ2n) is 6.23. The second kappa shape index (κ2) is 10.3. The highest BCUT2D eigenvalue weighted by atomic mass is 19.1. The first-order chi connectivity index (χ1) is 13.0. The van der Waals surface area contributed by atoms with Crippen molar-refractivity contribution in [2.45, 2.75) is 26.8 Å². The molecule has 0 aliphatic heterocycles. The van der Waals surface area contributed by atoms with E-state index in [0.29, 0.717) is 30.2 Å². The molecule has 0 fully saturated rings. The van der Waals surface area contributed by atoms with Crippen LogP contribution in [0.4, 0.5) is 4.39 Å². The molecule has 6 heteroatoms. The number of nitrogens with zero attached hydrogens (tertiary/aromatic N) is 1. The van der Waals surface area contributed by atoms with Crippen molar-refractivity contribution in [2.75, 3.05) is 20.1 Å². The van der Waals surface area contributed by atoms with Gasteiger partial charge in [-0.05, 0) is 55.2 Å². The van der Waals surface area contributed by atoms with Crippen LogP contribution in [-0.4, -0.2) is 32.0 Å². The molecule has 0 unspecified atom stereocenters. The Hall–Kier alpha value is -2.89. The van der Waals surface area contributed by atoms with Crippen molar-refractivity contribution in [1.29, 1.82) is 0 Å². The summed E-state index contributed by atoms with van der Waals surface area (Å²) in [5.74, 6) is 0.377. The SMILES string of the molecule is CCNC(=NCc1ccc(C)c(F)c1)NCCc1cccc(C(=O)NC)c1. The number of benzene rings is 2. The average molecular weight is 370 g/mol. The van der Waals surface area contributed by atoms with E-state index in [2.05, 4.69) is 20.9 Å². The Kier molecular flexibility index (Phi) is 7.79. The monoisotopic (exact) mass is 370 g/mol. The van der Waals surface area contributed by atoms with Gasteiger partial charge in [-0.25, -0.2) is 9.38 Å². The molecule has 0 radical (unpaired) electrons. The first kappa shape index (κ1) is 20.4. The summed E-state index contributed by atoms with van der Waals surface area (Å²) >= 11 is 0. The van der Waals surface area contributed by atoms with Gasteiger partial charge in [0.25, 0.3) is 5.91 Å². The fourth-order valence-corrected chi connectivity index (χ4v) is 2.58. The molecule has 0 heterocycles. The molecule has 0 aliphatic rings. The van der Waals surface area contributed by atoms with Crippen LogP contribution in [0.15, 0.2) is 47.5 Å². The van der Waals surface area contributed by atoms with Gasteiger partial charge in [0.15, 0.2) is 5.96 Å². The highest BCUT2D eigenvalue weighted by molar-refractivity contribution is 5.94. The summed E-state index contributed by atoms with van der Waals surface area (Å²) in [7, 11) is 1.62. The minimum Gasteiger partial charge on any atom is -0.357 e. The molecule has 5 nitrogen and oxygen atoms in total. The third kappa shape index (κ3) is 6.40. The van der Waals surface area contributed by atoms with Gasteiger partial charge in [-0.3, -0.25) is 4.79 Å². The molecule has 1 amide bonds. The van der Waals surface area contributed by atoms with Gasteiger partial charge in [0.05, 0.1) is 6.54 Å². The number of aliphatic imine (C=N–C) groups is 1. The number of hydrogen-bond acceptors (Lipinski definition) is 2. The quantitative estimate of drug-likeness (QED) is 0.519. The van der Waals surface area contributed by atoms with E-state index >= 15 is 0 Å². The van der Waals surface area contributed by atoms with E-state index in [1.807, 2.05) is 31.2 Å². The van der Waals surface area contributed by atoms with Gasteiger partial charge in [0, 0.05) is 25.7 Å². The van der Waals surface area contributed by atoms with Crippen LogP contribution in [0.5, 0.6) is 0 Å². The summed E-state index contributed by atoms with van der Waals surface area (Å²) in [5, 5.41) is 9.09. The highest BCUT2D eigenvalue weighted by Gasteiger charge is 2.04. The van der Waals surface area contributed by atoms with Crippen molar-refractivity contribution >= 4 is 11.9 Å².